The molecule has 0 aliphatic carbocycles. The lowest BCUT2D eigenvalue weighted by Gasteiger charge is -2.40. The maximum absolute atomic E-state index is 13.8. The summed E-state index contributed by atoms with van der Waals surface area (Å²) in [7, 11) is -3.66. The van der Waals surface area contributed by atoms with E-state index in [1.165, 1.54) is 0 Å². The van der Waals surface area contributed by atoms with E-state index in [2.05, 4.69) is 34.9 Å². The monoisotopic (exact) mass is 531 g/mol. The number of amides is 1. The molecule has 0 bridgehead atoms. The van der Waals surface area contributed by atoms with Gasteiger partial charge in [-0.05, 0) is 86.8 Å². The lowest BCUT2D eigenvalue weighted by Crippen LogP contribution is -2.60. The van der Waals surface area contributed by atoms with Gasteiger partial charge in [0.15, 0.2) is 0 Å². The van der Waals surface area contributed by atoms with E-state index in [1.54, 1.807) is 4.31 Å². The van der Waals surface area contributed by atoms with E-state index in [4.69, 9.17) is 0 Å². The van der Waals surface area contributed by atoms with Crippen LogP contribution in [0.25, 0.3) is 0 Å². The van der Waals surface area contributed by atoms with E-state index in [0.29, 0.717) is 43.7 Å². The lowest BCUT2D eigenvalue weighted by molar-refractivity contribution is -0.124. The normalized spacial score (nSPS) is 19.0. The van der Waals surface area contributed by atoms with Crippen molar-refractivity contribution in [3.8, 4) is 0 Å². The average Bonchev–Trinajstić information content (AvgIpc) is 3.14. The molecule has 0 unspecified atom stereocenters. The van der Waals surface area contributed by atoms with Crippen LogP contribution in [0.1, 0.15) is 46.2 Å². The Balaban J connectivity index is 1.41. The Morgan fingerprint density at radius 3 is 1.74 bits per heavy atom. The lowest BCUT2D eigenvalue weighted by atomic mass is 9.84. The SMILES string of the molecule is Cc1cc(C)c(C)c(S(=O)(=O)N2CCC3(CC2)NC(=O)C(Cc2ccccc2)(Cc2ccccc2)N3)c1C. The highest BCUT2D eigenvalue weighted by Crippen LogP contribution is 2.36. The molecular weight excluding hydrogens is 494 g/mol. The van der Waals surface area contributed by atoms with Gasteiger partial charge < -0.3 is 5.32 Å². The van der Waals surface area contributed by atoms with Crippen molar-refractivity contribution in [1.29, 1.82) is 0 Å². The van der Waals surface area contributed by atoms with E-state index in [0.717, 1.165) is 33.4 Å². The van der Waals surface area contributed by atoms with Crippen molar-refractivity contribution in [3.05, 3.63) is 100 Å². The summed E-state index contributed by atoms with van der Waals surface area (Å²) in [6, 6.07) is 22.2. The molecule has 3 aromatic rings. The number of piperidine rings is 1. The Kier molecular flexibility index (Phi) is 6.97. The van der Waals surface area contributed by atoms with Crippen LogP contribution in [0, 0.1) is 27.7 Å². The standard InChI is InChI=1S/C31H37N3O3S/c1-22-19-23(2)25(4)28(24(22)3)38(36,37)34-17-15-31(16-18-34)32-29(35)30(33-31,20-26-11-7-5-8-12-26)21-27-13-9-6-10-14-27/h5-14,19,33H,15-18,20-21H2,1-4H3,(H,32,35). The van der Waals surface area contributed by atoms with Gasteiger partial charge in [0, 0.05) is 13.1 Å². The number of rotatable bonds is 6. The molecule has 0 saturated carbocycles. The molecule has 2 aliphatic heterocycles. The summed E-state index contributed by atoms with van der Waals surface area (Å²) in [5.41, 5.74) is 4.31. The highest BCUT2D eigenvalue weighted by Gasteiger charge is 2.55. The molecule has 38 heavy (non-hydrogen) atoms. The second-order valence-electron chi connectivity index (χ2n) is 11.1. The average molecular weight is 532 g/mol. The van der Waals surface area contributed by atoms with Gasteiger partial charge in [0.25, 0.3) is 0 Å². The number of aryl methyl sites for hydroxylation is 2. The van der Waals surface area contributed by atoms with Crippen molar-refractivity contribution >= 4 is 15.9 Å². The fraction of sp³-hybridized carbons (Fsp3) is 0.387. The van der Waals surface area contributed by atoms with E-state index in [9.17, 15) is 13.2 Å². The predicted molar refractivity (Wildman–Crippen MR) is 150 cm³/mol. The molecule has 2 saturated heterocycles. The van der Waals surface area contributed by atoms with Crippen LogP contribution in [-0.2, 0) is 27.7 Å². The van der Waals surface area contributed by atoms with Gasteiger partial charge in [0.05, 0.1) is 10.6 Å². The summed E-state index contributed by atoms with van der Waals surface area (Å²) in [5.74, 6) is -0.0255. The molecular formula is C31H37N3O3S. The molecule has 2 fully saturated rings. The summed E-state index contributed by atoms with van der Waals surface area (Å²) in [6.45, 7) is 8.38. The zero-order valence-electron chi connectivity index (χ0n) is 22.7. The minimum atomic E-state index is -3.66. The topological polar surface area (TPSA) is 78.5 Å². The Bertz CT molecular complexity index is 1380. The third-order valence-electron chi connectivity index (χ3n) is 8.43. The van der Waals surface area contributed by atoms with Crippen LogP contribution in [0.4, 0.5) is 0 Å². The van der Waals surface area contributed by atoms with Crippen LogP contribution in [0.15, 0.2) is 71.6 Å². The smallest absolute Gasteiger partial charge is 0.243 e. The molecule has 1 amide bonds. The summed E-state index contributed by atoms with van der Waals surface area (Å²) < 4.78 is 29.2. The number of benzene rings is 3. The first-order chi connectivity index (χ1) is 18.1. The molecule has 0 aromatic heterocycles. The number of sulfonamides is 1. The van der Waals surface area contributed by atoms with Crippen LogP contribution in [-0.4, -0.2) is 42.9 Å². The first kappa shape index (κ1) is 26.6. The molecule has 7 heteroatoms. The number of nitrogens with zero attached hydrogens (tertiary/aromatic N) is 1. The summed E-state index contributed by atoms with van der Waals surface area (Å²) >= 11 is 0. The van der Waals surface area contributed by atoms with Crippen molar-refractivity contribution in [3.63, 3.8) is 0 Å². The van der Waals surface area contributed by atoms with Gasteiger partial charge in [-0.1, -0.05) is 66.7 Å². The van der Waals surface area contributed by atoms with Gasteiger partial charge in [0.1, 0.15) is 5.54 Å². The first-order valence-electron chi connectivity index (χ1n) is 13.3. The minimum Gasteiger partial charge on any atom is -0.336 e. The summed E-state index contributed by atoms with van der Waals surface area (Å²) in [6.07, 6.45) is 2.12. The second-order valence-corrected chi connectivity index (χ2v) is 12.9. The van der Waals surface area contributed by atoms with E-state index in [-0.39, 0.29) is 5.91 Å². The molecule has 6 nitrogen and oxygen atoms in total. The van der Waals surface area contributed by atoms with Gasteiger partial charge in [0.2, 0.25) is 15.9 Å². The third kappa shape index (κ3) is 4.79. The van der Waals surface area contributed by atoms with Gasteiger partial charge in [-0.3, -0.25) is 10.1 Å². The Morgan fingerprint density at radius 1 is 0.789 bits per heavy atom. The molecule has 0 radical (unpaired) electrons. The van der Waals surface area contributed by atoms with Crippen LogP contribution in [0.3, 0.4) is 0 Å². The van der Waals surface area contributed by atoms with Crippen molar-refractivity contribution in [1.82, 2.24) is 14.9 Å². The van der Waals surface area contributed by atoms with Crippen molar-refractivity contribution < 1.29 is 13.2 Å². The molecule has 2 aliphatic rings. The molecule has 2 N–H and O–H groups in total. The number of nitrogens with one attached hydrogen (secondary N) is 2. The third-order valence-corrected chi connectivity index (χ3v) is 10.6. The number of hydrogen-bond donors (Lipinski definition) is 2. The summed E-state index contributed by atoms with van der Waals surface area (Å²) in [4.78, 5) is 14.2. The van der Waals surface area contributed by atoms with Gasteiger partial charge in [-0.15, -0.1) is 0 Å². The van der Waals surface area contributed by atoms with Gasteiger partial charge in [-0.25, -0.2) is 8.42 Å². The molecule has 3 aromatic carbocycles. The number of carbonyl (C=O) groups is 1. The minimum absolute atomic E-state index is 0.0255. The van der Waals surface area contributed by atoms with Crippen LogP contribution >= 0.6 is 0 Å². The zero-order chi connectivity index (χ0) is 27.1. The van der Waals surface area contributed by atoms with Crippen molar-refractivity contribution in [2.75, 3.05) is 13.1 Å². The van der Waals surface area contributed by atoms with E-state index in [1.807, 2.05) is 70.2 Å². The first-order valence-corrected chi connectivity index (χ1v) is 14.8. The fourth-order valence-corrected chi connectivity index (χ4v) is 8.16. The van der Waals surface area contributed by atoms with Crippen LogP contribution in [0.2, 0.25) is 0 Å². The van der Waals surface area contributed by atoms with Gasteiger partial charge >= 0.3 is 0 Å². The molecule has 5 rings (SSSR count). The maximum atomic E-state index is 13.8. The van der Waals surface area contributed by atoms with E-state index >= 15 is 0 Å². The van der Waals surface area contributed by atoms with Gasteiger partial charge in [-0.2, -0.15) is 4.31 Å². The van der Waals surface area contributed by atoms with Crippen molar-refractivity contribution in [2.45, 2.75) is 69.5 Å². The highest BCUT2D eigenvalue weighted by atomic mass is 32.2. The largest absolute Gasteiger partial charge is 0.336 e. The predicted octanol–water partition coefficient (Wildman–Crippen LogP) is 4.34. The van der Waals surface area contributed by atoms with E-state index < -0.39 is 21.2 Å². The Morgan fingerprint density at radius 2 is 1.26 bits per heavy atom. The number of hydrogen-bond acceptors (Lipinski definition) is 4. The van der Waals surface area contributed by atoms with Crippen LogP contribution in [0.5, 0.6) is 0 Å². The highest BCUT2D eigenvalue weighted by molar-refractivity contribution is 7.89. The fourth-order valence-electron chi connectivity index (χ4n) is 6.14. The molecule has 1 spiro atoms. The zero-order valence-corrected chi connectivity index (χ0v) is 23.5. The number of carbonyl (C=O) groups excluding carboxylic acids is 1. The Hall–Kier alpha value is -3.00. The molecule has 0 atom stereocenters. The summed E-state index contributed by atoms with van der Waals surface area (Å²) in [5, 5.41) is 7.02. The molecule has 200 valence electrons. The quantitative estimate of drug-likeness (QED) is 0.496. The molecule has 2 heterocycles. The second kappa shape index (κ2) is 9.95. The Labute approximate surface area is 226 Å². The van der Waals surface area contributed by atoms with Crippen molar-refractivity contribution in [2.24, 2.45) is 0 Å². The maximum Gasteiger partial charge on any atom is 0.243 e. The van der Waals surface area contributed by atoms with Crippen LogP contribution < -0.4 is 10.6 Å².